The van der Waals surface area contributed by atoms with Gasteiger partial charge in [0.1, 0.15) is 5.60 Å². The molecule has 0 atom stereocenters. The van der Waals surface area contributed by atoms with E-state index in [0.717, 1.165) is 23.6 Å². The van der Waals surface area contributed by atoms with E-state index in [1.165, 1.54) is 0 Å². The molecule has 0 spiro atoms. The zero-order chi connectivity index (χ0) is 19.9. The summed E-state index contributed by atoms with van der Waals surface area (Å²) in [6.45, 7) is 10.8. The van der Waals surface area contributed by atoms with Gasteiger partial charge in [-0.25, -0.2) is 9.79 Å². The van der Waals surface area contributed by atoms with Gasteiger partial charge in [0, 0.05) is 26.7 Å². The molecule has 1 aliphatic heterocycles. The fraction of sp³-hybridized carbons (Fsp3) is 0.600. The number of hydrogen-bond donors (Lipinski definition) is 2. The smallest absolute Gasteiger partial charge is 0.410 e. The second-order valence-electron chi connectivity index (χ2n) is 7.67. The van der Waals surface area contributed by atoms with Gasteiger partial charge in [-0.3, -0.25) is 0 Å². The number of aliphatic imine (C=N–C) groups is 1. The highest BCUT2D eigenvalue weighted by Gasteiger charge is 2.34. The minimum absolute atomic E-state index is 0. The van der Waals surface area contributed by atoms with Gasteiger partial charge < -0.3 is 25.0 Å². The molecule has 1 aromatic rings. The summed E-state index contributed by atoms with van der Waals surface area (Å²) in [5.74, 6) is 0.753. The standard InChI is InChI=1S/C20H32N4O3.HI/c1-6-21-18(22-11-15-8-7-9-16(10-15)14-26-5)23-17-12-24(13-17)19(25)27-20(2,3)4;/h7-10,17H,6,11-14H2,1-5H3,(H2,21,22,23);1H. The van der Waals surface area contributed by atoms with Gasteiger partial charge in [-0.1, -0.05) is 24.3 Å². The van der Waals surface area contributed by atoms with Crippen LogP contribution >= 0.6 is 24.0 Å². The second-order valence-corrected chi connectivity index (χ2v) is 7.67. The van der Waals surface area contributed by atoms with Crippen molar-refractivity contribution in [2.45, 2.75) is 52.5 Å². The Morgan fingerprint density at radius 2 is 1.96 bits per heavy atom. The van der Waals surface area contributed by atoms with E-state index < -0.39 is 5.60 Å². The highest BCUT2D eigenvalue weighted by molar-refractivity contribution is 14.0. The molecule has 1 heterocycles. The summed E-state index contributed by atoms with van der Waals surface area (Å²) in [6, 6.07) is 8.39. The van der Waals surface area contributed by atoms with Gasteiger partial charge in [0.2, 0.25) is 0 Å². The molecule has 0 aliphatic carbocycles. The lowest BCUT2D eigenvalue weighted by molar-refractivity contribution is 0.00701. The number of carbonyl (C=O) groups excluding carboxylic acids is 1. The lowest BCUT2D eigenvalue weighted by Crippen LogP contribution is -2.63. The molecule has 158 valence electrons. The lowest BCUT2D eigenvalue weighted by atomic mass is 10.1. The number of carbonyl (C=O) groups is 1. The number of halogens is 1. The Kier molecular flexibility index (Phi) is 10.0. The quantitative estimate of drug-likeness (QED) is 0.354. The molecule has 0 saturated carbocycles. The number of rotatable bonds is 6. The fourth-order valence-electron chi connectivity index (χ4n) is 2.71. The van der Waals surface area contributed by atoms with Crippen LogP contribution in [0, 0.1) is 0 Å². The molecule has 2 rings (SSSR count). The van der Waals surface area contributed by atoms with E-state index in [0.29, 0.717) is 26.2 Å². The maximum absolute atomic E-state index is 12.0. The van der Waals surface area contributed by atoms with Gasteiger partial charge >= 0.3 is 6.09 Å². The summed E-state index contributed by atoms with van der Waals surface area (Å²) in [7, 11) is 1.69. The number of hydrogen-bond acceptors (Lipinski definition) is 4. The molecule has 1 aliphatic rings. The van der Waals surface area contributed by atoms with Crippen LogP contribution in [-0.2, 0) is 22.6 Å². The largest absolute Gasteiger partial charge is 0.444 e. The van der Waals surface area contributed by atoms with Crippen molar-refractivity contribution in [3.05, 3.63) is 35.4 Å². The van der Waals surface area contributed by atoms with E-state index in [4.69, 9.17) is 9.47 Å². The zero-order valence-corrected chi connectivity index (χ0v) is 19.8. The molecule has 28 heavy (non-hydrogen) atoms. The Balaban J connectivity index is 0.00000392. The average molecular weight is 504 g/mol. The topological polar surface area (TPSA) is 75.2 Å². The van der Waals surface area contributed by atoms with Crippen molar-refractivity contribution in [2.24, 2.45) is 4.99 Å². The first-order valence-corrected chi connectivity index (χ1v) is 9.40. The van der Waals surface area contributed by atoms with Gasteiger partial charge in [0.15, 0.2) is 5.96 Å². The van der Waals surface area contributed by atoms with Gasteiger partial charge in [-0.2, -0.15) is 0 Å². The van der Waals surface area contributed by atoms with E-state index in [1.54, 1.807) is 12.0 Å². The van der Waals surface area contributed by atoms with Gasteiger partial charge in [0.05, 0.1) is 19.2 Å². The van der Waals surface area contributed by atoms with Crippen LogP contribution in [0.25, 0.3) is 0 Å². The van der Waals surface area contributed by atoms with E-state index >= 15 is 0 Å². The Morgan fingerprint density at radius 3 is 2.57 bits per heavy atom. The Bertz CT molecular complexity index is 655. The minimum atomic E-state index is -0.469. The van der Waals surface area contributed by atoms with Crippen molar-refractivity contribution in [1.29, 1.82) is 0 Å². The van der Waals surface area contributed by atoms with Crippen molar-refractivity contribution in [3.8, 4) is 0 Å². The van der Waals surface area contributed by atoms with Crippen molar-refractivity contribution >= 4 is 36.0 Å². The third-order valence-electron chi connectivity index (χ3n) is 3.94. The Hall–Kier alpha value is -1.55. The van der Waals surface area contributed by atoms with E-state index in [2.05, 4.69) is 27.8 Å². The van der Waals surface area contributed by atoms with Crippen LogP contribution in [0.3, 0.4) is 0 Å². The summed E-state index contributed by atoms with van der Waals surface area (Å²) in [5.41, 5.74) is 1.80. The number of nitrogens with one attached hydrogen (secondary N) is 2. The molecule has 0 unspecified atom stereocenters. The van der Waals surface area contributed by atoms with Gasteiger partial charge in [0.25, 0.3) is 0 Å². The van der Waals surface area contributed by atoms with Gasteiger partial charge in [-0.15, -0.1) is 24.0 Å². The van der Waals surface area contributed by atoms with Crippen LogP contribution in [-0.4, -0.2) is 55.3 Å². The number of nitrogens with zero attached hydrogens (tertiary/aromatic N) is 2. The Morgan fingerprint density at radius 1 is 1.29 bits per heavy atom. The van der Waals surface area contributed by atoms with Crippen molar-refractivity contribution < 1.29 is 14.3 Å². The summed E-state index contributed by atoms with van der Waals surface area (Å²) in [6.07, 6.45) is -0.266. The molecule has 0 bridgehead atoms. The Labute approximate surface area is 185 Å². The lowest BCUT2D eigenvalue weighted by Gasteiger charge is -2.40. The number of methoxy groups -OCH3 is 1. The number of benzene rings is 1. The van der Waals surface area contributed by atoms with Crippen LogP contribution in [0.2, 0.25) is 0 Å². The first kappa shape index (κ1) is 24.5. The molecule has 7 nitrogen and oxygen atoms in total. The molecular weight excluding hydrogens is 471 g/mol. The molecule has 0 aromatic heterocycles. The number of guanidine groups is 1. The predicted octanol–water partition coefficient (Wildman–Crippen LogP) is 3.13. The van der Waals surface area contributed by atoms with E-state index in [-0.39, 0.29) is 36.1 Å². The third kappa shape index (κ3) is 8.22. The highest BCUT2D eigenvalue weighted by atomic mass is 127. The molecule has 8 heteroatoms. The van der Waals surface area contributed by atoms with E-state index in [1.807, 2.05) is 39.8 Å². The zero-order valence-electron chi connectivity index (χ0n) is 17.4. The molecule has 1 aromatic carbocycles. The summed E-state index contributed by atoms with van der Waals surface area (Å²) in [5, 5.41) is 6.63. The summed E-state index contributed by atoms with van der Waals surface area (Å²) >= 11 is 0. The van der Waals surface area contributed by atoms with Crippen LogP contribution in [0.4, 0.5) is 4.79 Å². The van der Waals surface area contributed by atoms with Crippen LogP contribution in [0.1, 0.15) is 38.8 Å². The SMILES string of the molecule is CCNC(=NCc1cccc(COC)c1)NC1CN(C(=O)OC(C)(C)C)C1.I. The van der Waals surface area contributed by atoms with Crippen molar-refractivity contribution in [2.75, 3.05) is 26.7 Å². The van der Waals surface area contributed by atoms with Crippen molar-refractivity contribution in [1.82, 2.24) is 15.5 Å². The monoisotopic (exact) mass is 504 g/mol. The minimum Gasteiger partial charge on any atom is -0.444 e. The summed E-state index contributed by atoms with van der Waals surface area (Å²) in [4.78, 5) is 18.4. The van der Waals surface area contributed by atoms with Crippen LogP contribution < -0.4 is 10.6 Å². The average Bonchev–Trinajstić information content (AvgIpc) is 2.54. The molecule has 2 N–H and O–H groups in total. The normalized spacial score (nSPS) is 14.8. The first-order chi connectivity index (χ1) is 12.8. The first-order valence-electron chi connectivity index (χ1n) is 9.40. The van der Waals surface area contributed by atoms with E-state index in [9.17, 15) is 4.79 Å². The van der Waals surface area contributed by atoms with Crippen molar-refractivity contribution in [3.63, 3.8) is 0 Å². The molecule has 1 amide bonds. The number of amides is 1. The molecule has 1 saturated heterocycles. The second kappa shape index (κ2) is 11.5. The van der Waals surface area contributed by atoms with Gasteiger partial charge in [-0.05, 0) is 38.8 Å². The maximum atomic E-state index is 12.0. The number of likely N-dealkylation sites (tertiary alicyclic amines) is 1. The van der Waals surface area contributed by atoms with Crippen LogP contribution in [0.5, 0.6) is 0 Å². The predicted molar refractivity (Wildman–Crippen MR) is 122 cm³/mol. The maximum Gasteiger partial charge on any atom is 0.410 e. The summed E-state index contributed by atoms with van der Waals surface area (Å²) < 4.78 is 10.6. The third-order valence-corrected chi connectivity index (χ3v) is 3.94. The fourth-order valence-corrected chi connectivity index (χ4v) is 2.71. The van der Waals surface area contributed by atoms with Crippen LogP contribution in [0.15, 0.2) is 29.3 Å². The number of ether oxygens (including phenoxy) is 2. The highest BCUT2D eigenvalue weighted by Crippen LogP contribution is 2.15. The molecule has 1 fully saturated rings. The molecular formula is C20H33IN4O3. The molecule has 0 radical (unpaired) electrons.